The quantitative estimate of drug-likeness (QED) is 0.844. The predicted molar refractivity (Wildman–Crippen MR) is 74.7 cm³/mol. The fourth-order valence-corrected chi connectivity index (χ4v) is 2.14. The SMILES string of the molecule is OB(O)c1c(Br)ccc(OCc2ccccc2)c1F. The summed E-state index contributed by atoms with van der Waals surface area (Å²) in [5.41, 5.74) is 0.668. The lowest BCUT2D eigenvalue weighted by atomic mass is 9.80. The van der Waals surface area contributed by atoms with Crippen molar-refractivity contribution in [2.75, 3.05) is 0 Å². The highest BCUT2D eigenvalue weighted by atomic mass is 79.9. The second-order valence-corrected chi connectivity index (χ2v) is 4.78. The van der Waals surface area contributed by atoms with Gasteiger partial charge in [0.15, 0.2) is 11.6 Å². The lowest BCUT2D eigenvalue weighted by Crippen LogP contribution is -2.34. The molecule has 0 aliphatic heterocycles. The molecule has 0 bridgehead atoms. The summed E-state index contributed by atoms with van der Waals surface area (Å²) in [7, 11) is -1.89. The van der Waals surface area contributed by atoms with Gasteiger partial charge in [0.25, 0.3) is 0 Å². The lowest BCUT2D eigenvalue weighted by Gasteiger charge is -2.11. The largest absolute Gasteiger partial charge is 0.492 e. The van der Waals surface area contributed by atoms with Crippen LogP contribution < -0.4 is 10.2 Å². The third-order valence-corrected chi connectivity index (χ3v) is 3.28. The highest BCUT2D eigenvalue weighted by molar-refractivity contribution is 9.10. The van der Waals surface area contributed by atoms with Gasteiger partial charge in [0.1, 0.15) is 6.61 Å². The van der Waals surface area contributed by atoms with Crippen LogP contribution in [0.1, 0.15) is 5.56 Å². The molecule has 0 unspecified atom stereocenters. The van der Waals surface area contributed by atoms with Crippen molar-refractivity contribution in [3.05, 3.63) is 58.3 Å². The van der Waals surface area contributed by atoms with E-state index in [0.29, 0.717) is 0 Å². The predicted octanol–water partition coefficient (Wildman–Crippen LogP) is 1.85. The van der Waals surface area contributed by atoms with E-state index in [2.05, 4.69) is 15.9 Å². The normalized spacial score (nSPS) is 10.3. The van der Waals surface area contributed by atoms with Gasteiger partial charge in [-0.2, -0.15) is 0 Å². The van der Waals surface area contributed by atoms with Crippen molar-refractivity contribution >= 4 is 28.5 Å². The summed E-state index contributed by atoms with van der Waals surface area (Å²) in [6, 6.07) is 12.3. The minimum absolute atomic E-state index is 0.0184. The molecule has 0 amide bonds. The smallest absolute Gasteiger partial charge is 0.486 e. The average Bonchev–Trinajstić information content (AvgIpc) is 2.38. The standard InChI is InChI=1S/C13H11BBrFO3/c15-10-6-7-11(13(16)12(10)14(17)18)19-8-9-4-2-1-3-5-9/h1-7,17-18H,8H2. The summed E-state index contributed by atoms with van der Waals surface area (Å²) in [5.74, 6) is -0.796. The summed E-state index contributed by atoms with van der Waals surface area (Å²) in [5, 5.41) is 18.3. The Morgan fingerprint density at radius 2 is 1.79 bits per heavy atom. The molecule has 2 aromatic carbocycles. The molecule has 0 heterocycles. The van der Waals surface area contributed by atoms with Crippen molar-refractivity contribution in [1.29, 1.82) is 0 Å². The maximum absolute atomic E-state index is 14.0. The molecule has 2 rings (SSSR count). The molecule has 0 saturated carbocycles. The molecule has 3 nitrogen and oxygen atoms in total. The minimum atomic E-state index is -1.89. The third kappa shape index (κ3) is 3.35. The van der Waals surface area contributed by atoms with Gasteiger partial charge >= 0.3 is 7.12 Å². The summed E-state index contributed by atoms with van der Waals surface area (Å²) >= 11 is 3.06. The van der Waals surface area contributed by atoms with Gasteiger partial charge in [-0.1, -0.05) is 46.3 Å². The minimum Gasteiger partial charge on any atom is -0.486 e. The van der Waals surface area contributed by atoms with Gasteiger partial charge in [-0.15, -0.1) is 0 Å². The average molecular weight is 325 g/mol. The fraction of sp³-hybridized carbons (Fsp3) is 0.0769. The fourth-order valence-electron chi connectivity index (χ4n) is 1.63. The van der Waals surface area contributed by atoms with E-state index in [4.69, 9.17) is 14.8 Å². The van der Waals surface area contributed by atoms with Crippen LogP contribution in [0.5, 0.6) is 5.75 Å². The van der Waals surface area contributed by atoms with E-state index in [1.807, 2.05) is 30.3 Å². The molecule has 19 heavy (non-hydrogen) atoms. The molecule has 0 aromatic heterocycles. The summed E-state index contributed by atoms with van der Waals surface area (Å²) in [4.78, 5) is 0. The van der Waals surface area contributed by atoms with Crippen LogP contribution >= 0.6 is 15.9 Å². The number of hydrogen-bond acceptors (Lipinski definition) is 3. The number of halogens is 2. The molecule has 0 aliphatic rings. The van der Waals surface area contributed by atoms with E-state index in [9.17, 15) is 4.39 Å². The van der Waals surface area contributed by atoms with Crippen molar-refractivity contribution in [3.8, 4) is 5.75 Å². The van der Waals surface area contributed by atoms with E-state index in [1.165, 1.54) is 12.1 Å². The van der Waals surface area contributed by atoms with Gasteiger partial charge in [-0.3, -0.25) is 0 Å². The van der Waals surface area contributed by atoms with Crippen molar-refractivity contribution in [2.45, 2.75) is 6.61 Å². The Labute approximate surface area is 118 Å². The van der Waals surface area contributed by atoms with E-state index in [-0.39, 0.29) is 22.3 Å². The topological polar surface area (TPSA) is 49.7 Å². The molecule has 0 radical (unpaired) electrons. The number of hydrogen-bond donors (Lipinski definition) is 2. The second-order valence-electron chi connectivity index (χ2n) is 3.92. The highest BCUT2D eigenvalue weighted by Gasteiger charge is 2.23. The molecular formula is C13H11BBrFO3. The van der Waals surface area contributed by atoms with Crippen LogP contribution in [0.25, 0.3) is 0 Å². The first-order valence-corrected chi connectivity index (χ1v) is 6.39. The number of benzene rings is 2. The van der Waals surface area contributed by atoms with Gasteiger partial charge in [0, 0.05) is 9.94 Å². The zero-order valence-corrected chi connectivity index (χ0v) is 11.5. The molecule has 0 aliphatic carbocycles. The van der Waals surface area contributed by atoms with Gasteiger partial charge < -0.3 is 14.8 Å². The van der Waals surface area contributed by atoms with Crippen molar-refractivity contribution < 1.29 is 19.2 Å². The second kappa shape index (κ2) is 6.19. The van der Waals surface area contributed by atoms with Crippen molar-refractivity contribution in [2.24, 2.45) is 0 Å². The summed E-state index contributed by atoms with van der Waals surface area (Å²) in [6.07, 6.45) is 0. The molecule has 0 atom stereocenters. The van der Waals surface area contributed by atoms with E-state index in [0.717, 1.165) is 5.56 Å². The zero-order chi connectivity index (χ0) is 13.8. The molecule has 98 valence electrons. The van der Waals surface area contributed by atoms with Gasteiger partial charge in [-0.25, -0.2) is 4.39 Å². The maximum Gasteiger partial charge on any atom is 0.492 e. The molecule has 0 saturated heterocycles. The summed E-state index contributed by atoms with van der Waals surface area (Å²) < 4.78 is 19.6. The Kier molecular flexibility index (Phi) is 4.58. The summed E-state index contributed by atoms with van der Waals surface area (Å²) in [6.45, 7) is 0.209. The molecule has 0 spiro atoms. The first-order chi connectivity index (χ1) is 9.09. The Morgan fingerprint density at radius 1 is 1.11 bits per heavy atom. The number of ether oxygens (including phenoxy) is 1. The van der Waals surface area contributed by atoms with Gasteiger partial charge in [-0.05, 0) is 17.7 Å². The first-order valence-electron chi connectivity index (χ1n) is 5.60. The van der Waals surface area contributed by atoms with E-state index >= 15 is 0 Å². The molecule has 0 fully saturated rings. The monoisotopic (exact) mass is 324 g/mol. The third-order valence-electron chi connectivity index (χ3n) is 2.59. The molecule has 2 aromatic rings. The van der Waals surface area contributed by atoms with Crippen molar-refractivity contribution in [3.63, 3.8) is 0 Å². The Morgan fingerprint density at radius 3 is 2.42 bits per heavy atom. The van der Waals surface area contributed by atoms with E-state index in [1.54, 1.807) is 0 Å². The number of rotatable bonds is 4. The van der Waals surface area contributed by atoms with Crippen LogP contribution in [0.3, 0.4) is 0 Å². The molecular weight excluding hydrogens is 314 g/mol. The van der Waals surface area contributed by atoms with Crippen LogP contribution in [0, 0.1) is 5.82 Å². The molecule has 2 N–H and O–H groups in total. The van der Waals surface area contributed by atoms with Gasteiger partial charge in [0.2, 0.25) is 0 Å². The Balaban J connectivity index is 2.20. The Hall–Kier alpha value is -1.37. The highest BCUT2D eigenvalue weighted by Crippen LogP contribution is 2.21. The molecule has 6 heteroatoms. The zero-order valence-electron chi connectivity index (χ0n) is 9.88. The first kappa shape index (κ1) is 14.1. The van der Waals surface area contributed by atoms with Crippen LogP contribution in [0.15, 0.2) is 46.9 Å². The maximum atomic E-state index is 14.0. The van der Waals surface area contributed by atoms with Gasteiger partial charge in [0.05, 0.1) is 0 Å². The van der Waals surface area contributed by atoms with Crippen molar-refractivity contribution in [1.82, 2.24) is 0 Å². The van der Waals surface area contributed by atoms with Crippen LogP contribution in [0.2, 0.25) is 0 Å². The van der Waals surface area contributed by atoms with E-state index < -0.39 is 12.9 Å². The van der Waals surface area contributed by atoms with Crippen LogP contribution in [-0.2, 0) is 6.61 Å². The Bertz CT molecular complexity index is 563. The van der Waals surface area contributed by atoms with Crippen LogP contribution in [0.4, 0.5) is 4.39 Å². The lowest BCUT2D eigenvalue weighted by molar-refractivity contribution is 0.290. The van der Waals surface area contributed by atoms with Crippen LogP contribution in [-0.4, -0.2) is 17.2 Å².